The Bertz CT molecular complexity index is 360. The average molecular weight is 292 g/mol. The van der Waals surface area contributed by atoms with E-state index < -0.39 is 0 Å². The topological polar surface area (TPSA) is 12.4 Å². The van der Waals surface area contributed by atoms with Crippen LogP contribution in [0.3, 0.4) is 0 Å². The van der Waals surface area contributed by atoms with Gasteiger partial charge in [0.25, 0.3) is 0 Å². The van der Waals surface area contributed by atoms with E-state index in [0.29, 0.717) is 11.3 Å². The summed E-state index contributed by atoms with van der Waals surface area (Å²) in [4.78, 5) is 4.39. The zero-order valence-corrected chi connectivity index (χ0v) is 15.4. The minimum absolute atomic E-state index is 0.536. The third-order valence-electron chi connectivity index (χ3n) is 6.77. The SMILES string of the molecule is C=CC(=NC)C(C)CC(CC)C(CC)CC1(C)C(C)C1C. The Hall–Kier alpha value is -0.590. The molecule has 1 nitrogen and oxygen atoms in total. The Morgan fingerprint density at radius 1 is 1.19 bits per heavy atom. The Labute approximate surface area is 133 Å². The van der Waals surface area contributed by atoms with Gasteiger partial charge in [-0.25, -0.2) is 0 Å². The molecule has 0 aliphatic heterocycles. The minimum Gasteiger partial charge on any atom is -0.293 e. The first-order valence-electron chi connectivity index (χ1n) is 8.94. The molecule has 5 unspecified atom stereocenters. The maximum absolute atomic E-state index is 4.39. The predicted octanol–water partition coefficient (Wildman–Crippen LogP) is 6.00. The number of rotatable bonds is 9. The van der Waals surface area contributed by atoms with Gasteiger partial charge in [-0.05, 0) is 53.9 Å². The van der Waals surface area contributed by atoms with Crippen LogP contribution in [0.5, 0.6) is 0 Å². The number of aliphatic imine (C=N–C) groups is 1. The van der Waals surface area contributed by atoms with Crippen molar-refractivity contribution in [3.05, 3.63) is 12.7 Å². The van der Waals surface area contributed by atoms with E-state index in [1.807, 2.05) is 13.1 Å². The summed E-state index contributed by atoms with van der Waals surface area (Å²) in [6.45, 7) is 18.3. The fraction of sp³-hybridized carbons (Fsp3) is 0.850. The fourth-order valence-electron chi connectivity index (χ4n) is 4.43. The van der Waals surface area contributed by atoms with Gasteiger partial charge in [-0.2, -0.15) is 0 Å². The second kappa shape index (κ2) is 7.61. The van der Waals surface area contributed by atoms with Crippen LogP contribution in [0.2, 0.25) is 0 Å². The van der Waals surface area contributed by atoms with Crippen molar-refractivity contribution in [2.24, 2.45) is 40.0 Å². The standard InChI is InChI=1S/C20H37N/c1-9-17(12-14(4)19(11-3)21-8)18(10-2)13-20(7)15(5)16(20)6/h11,14-18H,3,9-10,12-13H2,1-2,4-8H3. The van der Waals surface area contributed by atoms with E-state index in [1.54, 1.807) is 0 Å². The van der Waals surface area contributed by atoms with Crippen LogP contribution in [-0.2, 0) is 0 Å². The number of hydrogen-bond donors (Lipinski definition) is 0. The normalized spacial score (nSPS) is 33.4. The van der Waals surface area contributed by atoms with E-state index in [1.165, 1.54) is 31.4 Å². The van der Waals surface area contributed by atoms with Gasteiger partial charge in [-0.3, -0.25) is 4.99 Å². The van der Waals surface area contributed by atoms with E-state index in [4.69, 9.17) is 0 Å². The van der Waals surface area contributed by atoms with Crippen LogP contribution in [-0.4, -0.2) is 12.8 Å². The second-order valence-electron chi connectivity index (χ2n) is 7.61. The van der Waals surface area contributed by atoms with Crippen molar-refractivity contribution in [3.63, 3.8) is 0 Å². The molecule has 0 N–H and O–H groups in total. The van der Waals surface area contributed by atoms with Crippen molar-refractivity contribution < 1.29 is 0 Å². The lowest BCUT2D eigenvalue weighted by Crippen LogP contribution is -2.22. The zero-order valence-electron chi connectivity index (χ0n) is 15.4. The highest BCUT2D eigenvalue weighted by molar-refractivity contribution is 5.96. The maximum atomic E-state index is 4.39. The van der Waals surface area contributed by atoms with Gasteiger partial charge in [0.2, 0.25) is 0 Å². The number of allylic oxidation sites excluding steroid dienone is 1. The molecule has 1 fully saturated rings. The van der Waals surface area contributed by atoms with Crippen LogP contribution in [0.15, 0.2) is 17.6 Å². The van der Waals surface area contributed by atoms with Gasteiger partial charge in [-0.1, -0.05) is 61.0 Å². The Morgan fingerprint density at radius 2 is 1.71 bits per heavy atom. The molecule has 1 rings (SSSR count). The van der Waals surface area contributed by atoms with Crippen molar-refractivity contribution in [2.75, 3.05) is 7.05 Å². The first-order valence-corrected chi connectivity index (χ1v) is 8.94. The van der Waals surface area contributed by atoms with E-state index in [0.717, 1.165) is 23.7 Å². The van der Waals surface area contributed by atoms with Crippen LogP contribution in [0.4, 0.5) is 0 Å². The highest BCUT2D eigenvalue weighted by atomic mass is 14.7. The predicted molar refractivity (Wildman–Crippen MR) is 96.0 cm³/mol. The maximum Gasteiger partial charge on any atom is 0.0367 e. The summed E-state index contributed by atoms with van der Waals surface area (Å²) in [5, 5.41) is 0. The lowest BCUT2D eigenvalue weighted by Gasteiger charge is -2.30. The molecule has 0 aromatic heterocycles. The Morgan fingerprint density at radius 3 is 2.05 bits per heavy atom. The highest BCUT2D eigenvalue weighted by Crippen LogP contribution is 2.62. The molecule has 0 saturated heterocycles. The van der Waals surface area contributed by atoms with Crippen LogP contribution in [0, 0.1) is 35.0 Å². The van der Waals surface area contributed by atoms with Crippen LogP contribution < -0.4 is 0 Å². The molecule has 5 atom stereocenters. The Balaban J connectivity index is 2.70. The zero-order chi connectivity index (χ0) is 16.2. The smallest absolute Gasteiger partial charge is 0.0367 e. The fourth-order valence-corrected chi connectivity index (χ4v) is 4.43. The molecule has 0 spiro atoms. The van der Waals surface area contributed by atoms with E-state index >= 15 is 0 Å². The summed E-state index contributed by atoms with van der Waals surface area (Å²) in [6.07, 6.45) is 7.20. The summed E-state index contributed by atoms with van der Waals surface area (Å²) in [5.74, 6) is 4.02. The van der Waals surface area contributed by atoms with Crippen LogP contribution in [0.25, 0.3) is 0 Å². The van der Waals surface area contributed by atoms with Crippen LogP contribution >= 0.6 is 0 Å². The molecule has 0 aromatic carbocycles. The molecule has 0 aromatic rings. The molecule has 1 saturated carbocycles. The third kappa shape index (κ3) is 3.99. The van der Waals surface area contributed by atoms with Gasteiger partial charge in [0.05, 0.1) is 0 Å². The van der Waals surface area contributed by atoms with E-state index in [-0.39, 0.29) is 0 Å². The van der Waals surface area contributed by atoms with Gasteiger partial charge in [0.1, 0.15) is 0 Å². The lowest BCUT2D eigenvalue weighted by molar-refractivity contribution is 0.216. The van der Waals surface area contributed by atoms with Crippen molar-refractivity contribution in [1.82, 2.24) is 0 Å². The third-order valence-corrected chi connectivity index (χ3v) is 6.77. The van der Waals surface area contributed by atoms with E-state index in [9.17, 15) is 0 Å². The lowest BCUT2D eigenvalue weighted by atomic mass is 9.75. The molecule has 0 amide bonds. The first-order chi connectivity index (χ1) is 9.85. The molecule has 0 heterocycles. The van der Waals surface area contributed by atoms with Crippen molar-refractivity contribution in [3.8, 4) is 0 Å². The minimum atomic E-state index is 0.536. The molecule has 21 heavy (non-hydrogen) atoms. The van der Waals surface area contributed by atoms with Crippen molar-refractivity contribution >= 4 is 5.71 Å². The number of nitrogens with zero attached hydrogens (tertiary/aromatic N) is 1. The van der Waals surface area contributed by atoms with Gasteiger partial charge >= 0.3 is 0 Å². The van der Waals surface area contributed by atoms with Crippen molar-refractivity contribution in [1.29, 1.82) is 0 Å². The molecular weight excluding hydrogens is 254 g/mol. The summed E-state index contributed by atoms with van der Waals surface area (Å²) in [5.41, 5.74) is 1.76. The monoisotopic (exact) mass is 291 g/mol. The molecular formula is C20H37N. The van der Waals surface area contributed by atoms with Gasteiger partial charge in [-0.15, -0.1) is 0 Å². The first kappa shape index (κ1) is 18.5. The highest BCUT2D eigenvalue weighted by Gasteiger charge is 2.55. The van der Waals surface area contributed by atoms with E-state index in [2.05, 4.69) is 53.1 Å². The Kier molecular flexibility index (Phi) is 6.69. The van der Waals surface area contributed by atoms with Gasteiger partial charge < -0.3 is 0 Å². The summed E-state index contributed by atoms with van der Waals surface area (Å²) >= 11 is 0. The molecule has 1 heteroatoms. The van der Waals surface area contributed by atoms with Gasteiger partial charge in [0, 0.05) is 12.8 Å². The molecule has 1 aliphatic carbocycles. The summed E-state index contributed by atoms with van der Waals surface area (Å²) < 4.78 is 0. The molecule has 0 bridgehead atoms. The molecule has 122 valence electrons. The molecule has 0 radical (unpaired) electrons. The summed E-state index contributed by atoms with van der Waals surface area (Å²) in [6, 6.07) is 0. The van der Waals surface area contributed by atoms with Gasteiger partial charge in [0.15, 0.2) is 0 Å². The van der Waals surface area contributed by atoms with Crippen LogP contribution in [0.1, 0.15) is 67.2 Å². The average Bonchev–Trinajstić information content (AvgIpc) is 2.94. The second-order valence-corrected chi connectivity index (χ2v) is 7.61. The quantitative estimate of drug-likeness (QED) is 0.462. The van der Waals surface area contributed by atoms with Crippen molar-refractivity contribution in [2.45, 2.75) is 67.2 Å². The number of hydrogen-bond acceptors (Lipinski definition) is 1. The largest absolute Gasteiger partial charge is 0.293 e. The summed E-state index contributed by atoms with van der Waals surface area (Å²) in [7, 11) is 1.89. The molecule has 1 aliphatic rings.